The molecule has 1 N–H and O–H groups in total. The molecule has 2 aromatic rings. The van der Waals surface area contributed by atoms with Crippen LogP contribution in [0.4, 0.5) is 9.18 Å². The Morgan fingerprint density at radius 3 is 2.41 bits per heavy atom. The number of hydrogen-bond acceptors (Lipinski definition) is 2. The number of carboxylic acid groups (broad SMARTS) is 1. The summed E-state index contributed by atoms with van der Waals surface area (Å²) < 4.78 is 16.6. The normalized spacial score (nSPS) is 22.7. The Kier molecular flexibility index (Phi) is 5.21. The molecule has 2 fully saturated rings. The van der Waals surface area contributed by atoms with Crippen LogP contribution in [0.2, 0.25) is 0 Å². The van der Waals surface area contributed by atoms with Gasteiger partial charge in [0.15, 0.2) is 0 Å². The lowest BCUT2D eigenvalue weighted by atomic mass is 9.79. The average Bonchev–Trinajstić information content (AvgIpc) is 3.44. The first kappa shape index (κ1) is 20.4. The molecular weight excluding hydrogens is 437 g/mol. The van der Waals surface area contributed by atoms with E-state index >= 15 is 0 Å². The Labute approximate surface area is 179 Å². The van der Waals surface area contributed by atoms with Crippen LogP contribution in [0.25, 0.3) is 11.3 Å². The van der Waals surface area contributed by atoms with Crippen molar-refractivity contribution in [2.75, 3.05) is 6.54 Å². The molecule has 0 bridgehead atoms. The Bertz CT molecular complexity index is 915. The van der Waals surface area contributed by atoms with Gasteiger partial charge in [-0.05, 0) is 71.3 Å². The Morgan fingerprint density at radius 1 is 1.21 bits per heavy atom. The number of halogens is 2. The number of piperidine rings is 1. The molecular formula is C22H27BrFN3O2. The average molecular weight is 464 g/mol. The third-order valence-corrected chi connectivity index (χ3v) is 6.88. The topological polar surface area (TPSA) is 58.4 Å². The van der Waals surface area contributed by atoms with Crippen molar-refractivity contribution < 1.29 is 14.3 Å². The summed E-state index contributed by atoms with van der Waals surface area (Å²) in [6.07, 6.45) is 2.93. The number of benzene rings is 1. The van der Waals surface area contributed by atoms with Gasteiger partial charge in [-0.25, -0.2) is 14.2 Å². The predicted octanol–water partition coefficient (Wildman–Crippen LogP) is 6.06. The first-order valence-electron chi connectivity index (χ1n) is 10.2. The van der Waals surface area contributed by atoms with Gasteiger partial charge in [0.25, 0.3) is 0 Å². The minimum Gasteiger partial charge on any atom is -0.465 e. The second kappa shape index (κ2) is 7.42. The quantitative estimate of drug-likeness (QED) is 0.601. The Morgan fingerprint density at radius 2 is 1.86 bits per heavy atom. The number of amides is 1. The summed E-state index contributed by atoms with van der Waals surface area (Å²) in [7, 11) is 0. The van der Waals surface area contributed by atoms with Gasteiger partial charge >= 0.3 is 6.09 Å². The van der Waals surface area contributed by atoms with Crippen molar-refractivity contribution in [3.63, 3.8) is 0 Å². The van der Waals surface area contributed by atoms with Crippen LogP contribution in [-0.2, 0) is 0 Å². The van der Waals surface area contributed by atoms with E-state index in [1.165, 1.54) is 12.1 Å². The maximum atomic E-state index is 13.4. The van der Waals surface area contributed by atoms with E-state index in [2.05, 4.69) is 41.3 Å². The third-order valence-electron chi connectivity index (χ3n) is 6.13. The molecule has 7 heteroatoms. The summed E-state index contributed by atoms with van der Waals surface area (Å²) in [5, 5.41) is 9.68. The molecule has 1 saturated carbocycles. The van der Waals surface area contributed by atoms with E-state index in [1.807, 2.05) is 0 Å². The van der Waals surface area contributed by atoms with E-state index in [-0.39, 0.29) is 23.3 Å². The number of carbonyl (C=O) groups is 1. The molecule has 2 heterocycles. The highest BCUT2D eigenvalue weighted by Gasteiger charge is 2.41. The molecule has 1 aliphatic carbocycles. The van der Waals surface area contributed by atoms with E-state index in [0.717, 1.165) is 47.4 Å². The van der Waals surface area contributed by atoms with E-state index in [9.17, 15) is 14.3 Å². The summed E-state index contributed by atoms with van der Waals surface area (Å²) in [6.45, 7) is 6.82. The van der Waals surface area contributed by atoms with Crippen LogP contribution in [0.3, 0.4) is 0 Å². The van der Waals surface area contributed by atoms with Gasteiger partial charge in [0.05, 0.1) is 0 Å². The molecule has 1 aliphatic heterocycles. The predicted molar refractivity (Wildman–Crippen MR) is 114 cm³/mol. The molecule has 29 heavy (non-hydrogen) atoms. The van der Waals surface area contributed by atoms with E-state index in [0.29, 0.717) is 12.5 Å². The van der Waals surface area contributed by atoms with Gasteiger partial charge in [-0.1, -0.05) is 20.8 Å². The number of nitrogens with zero attached hydrogens (tertiary/aromatic N) is 3. The fourth-order valence-corrected chi connectivity index (χ4v) is 5.22. The maximum absolute atomic E-state index is 13.4. The van der Waals surface area contributed by atoms with Crippen LogP contribution in [0, 0.1) is 11.2 Å². The Hall–Kier alpha value is -1.89. The van der Waals surface area contributed by atoms with Crippen molar-refractivity contribution in [3.8, 4) is 11.3 Å². The van der Waals surface area contributed by atoms with Gasteiger partial charge in [0, 0.05) is 30.1 Å². The largest absolute Gasteiger partial charge is 0.465 e. The van der Waals surface area contributed by atoms with Crippen molar-refractivity contribution in [2.45, 2.75) is 64.5 Å². The monoisotopic (exact) mass is 463 g/mol. The van der Waals surface area contributed by atoms with Gasteiger partial charge < -0.3 is 14.6 Å². The third kappa shape index (κ3) is 3.93. The molecule has 2 unspecified atom stereocenters. The number of likely N-dealkylation sites (tertiary alicyclic amines) is 1. The standard InChI is InChI=1S/C22H27BrFN3O2/c1-22(2,3)17-12-16(10-11-26(17)21(28)29)27-19(23)18(25-20(27)14-4-5-14)13-6-8-15(24)9-7-13/h6-9,14,16-17H,4-5,10-12H2,1-3H3,(H,28,29). The fourth-order valence-electron chi connectivity index (χ4n) is 4.43. The first-order chi connectivity index (χ1) is 13.7. The number of aromatic nitrogens is 2. The van der Waals surface area contributed by atoms with Crippen molar-refractivity contribution in [3.05, 3.63) is 40.5 Å². The van der Waals surface area contributed by atoms with Crippen LogP contribution >= 0.6 is 15.9 Å². The molecule has 1 aromatic heterocycles. The van der Waals surface area contributed by atoms with Crippen molar-refractivity contribution >= 4 is 22.0 Å². The zero-order chi connectivity index (χ0) is 20.9. The Balaban J connectivity index is 1.72. The van der Waals surface area contributed by atoms with Crippen molar-refractivity contribution in [1.29, 1.82) is 0 Å². The summed E-state index contributed by atoms with van der Waals surface area (Å²) in [4.78, 5) is 18.3. The highest BCUT2D eigenvalue weighted by atomic mass is 79.9. The highest BCUT2D eigenvalue weighted by Crippen LogP contribution is 2.47. The minimum atomic E-state index is -0.845. The number of rotatable bonds is 3. The molecule has 0 radical (unpaired) electrons. The maximum Gasteiger partial charge on any atom is 0.407 e. The minimum absolute atomic E-state index is 0.0608. The summed E-state index contributed by atoms with van der Waals surface area (Å²) >= 11 is 3.78. The van der Waals surface area contributed by atoms with Crippen LogP contribution in [0.1, 0.15) is 64.2 Å². The highest BCUT2D eigenvalue weighted by molar-refractivity contribution is 9.10. The lowest BCUT2D eigenvalue weighted by Gasteiger charge is -2.45. The van der Waals surface area contributed by atoms with Crippen molar-refractivity contribution in [1.82, 2.24) is 14.5 Å². The van der Waals surface area contributed by atoms with Crippen LogP contribution in [-0.4, -0.2) is 38.2 Å². The zero-order valence-corrected chi connectivity index (χ0v) is 18.6. The summed E-state index contributed by atoms with van der Waals surface area (Å²) in [6, 6.07) is 6.55. The lowest BCUT2D eigenvalue weighted by Crippen LogP contribution is -2.51. The van der Waals surface area contributed by atoms with Crippen LogP contribution in [0.5, 0.6) is 0 Å². The molecule has 5 nitrogen and oxygen atoms in total. The fraction of sp³-hybridized carbons (Fsp3) is 0.545. The van der Waals surface area contributed by atoms with Gasteiger partial charge in [0.2, 0.25) is 0 Å². The number of hydrogen-bond donors (Lipinski definition) is 1. The molecule has 2 atom stereocenters. The van der Waals surface area contributed by atoms with Crippen LogP contribution < -0.4 is 0 Å². The number of imidazole rings is 1. The first-order valence-corrected chi connectivity index (χ1v) is 11.0. The van der Waals surface area contributed by atoms with E-state index in [1.54, 1.807) is 17.0 Å². The lowest BCUT2D eigenvalue weighted by molar-refractivity contribution is 0.0421. The smallest absolute Gasteiger partial charge is 0.407 e. The molecule has 4 rings (SSSR count). The second-order valence-corrected chi connectivity index (χ2v) is 10.0. The van der Waals surface area contributed by atoms with Gasteiger partial charge in [-0.15, -0.1) is 0 Å². The van der Waals surface area contributed by atoms with Crippen LogP contribution in [0.15, 0.2) is 28.9 Å². The van der Waals surface area contributed by atoms with E-state index in [4.69, 9.17) is 4.98 Å². The molecule has 1 aromatic carbocycles. The molecule has 0 spiro atoms. The summed E-state index contributed by atoms with van der Waals surface area (Å²) in [5.41, 5.74) is 1.57. The van der Waals surface area contributed by atoms with Gasteiger partial charge in [-0.3, -0.25) is 0 Å². The SMILES string of the molecule is CC(C)(C)C1CC(n2c(C3CC3)nc(-c3ccc(F)cc3)c2Br)CCN1C(=O)O. The molecule has 2 aliphatic rings. The molecule has 1 saturated heterocycles. The molecule has 1 amide bonds. The van der Waals surface area contributed by atoms with Gasteiger partial charge in [0.1, 0.15) is 21.9 Å². The molecule has 156 valence electrons. The van der Waals surface area contributed by atoms with Gasteiger partial charge in [-0.2, -0.15) is 0 Å². The van der Waals surface area contributed by atoms with E-state index < -0.39 is 6.09 Å². The zero-order valence-electron chi connectivity index (χ0n) is 17.0. The summed E-state index contributed by atoms with van der Waals surface area (Å²) in [5.74, 6) is 1.25. The van der Waals surface area contributed by atoms with Crippen molar-refractivity contribution in [2.24, 2.45) is 5.41 Å². The second-order valence-electron chi connectivity index (χ2n) is 9.30.